The molecule has 0 radical (unpaired) electrons. The molecule has 2 saturated heterocycles. The SMILES string of the molecule is O=C1CCC(N2Cc3cc(OCCCC4CN(CCOc5ccc(C6c7ccc(O)cc7OCC6c6ccccc6)cc5)C4)ccc3C2=O)C(=O)N1. The van der Waals surface area contributed by atoms with E-state index in [9.17, 15) is 19.5 Å². The number of hydrogen-bond donors (Lipinski definition) is 2. The van der Waals surface area contributed by atoms with Crippen molar-refractivity contribution in [3.05, 3.63) is 119 Å². The molecule has 52 heavy (non-hydrogen) atoms. The van der Waals surface area contributed by atoms with Crippen LogP contribution in [-0.2, 0) is 16.1 Å². The number of imide groups is 1. The molecule has 3 unspecified atom stereocenters. The Hall–Kier alpha value is -5.35. The highest BCUT2D eigenvalue weighted by molar-refractivity contribution is 6.05. The number of likely N-dealkylation sites (tertiary alicyclic amines) is 1. The number of aromatic hydroxyl groups is 1. The molecule has 4 aromatic carbocycles. The lowest BCUT2D eigenvalue weighted by atomic mass is 9.76. The maximum Gasteiger partial charge on any atom is 0.255 e. The van der Waals surface area contributed by atoms with Gasteiger partial charge in [-0.3, -0.25) is 24.6 Å². The summed E-state index contributed by atoms with van der Waals surface area (Å²) in [6, 6.07) is 29.2. The molecule has 2 N–H and O–H groups in total. The van der Waals surface area contributed by atoms with Gasteiger partial charge >= 0.3 is 0 Å². The average Bonchev–Trinajstić information content (AvgIpc) is 3.46. The Labute approximate surface area is 303 Å². The number of nitrogens with one attached hydrogen (secondary N) is 1. The first-order valence-electron chi connectivity index (χ1n) is 18.3. The van der Waals surface area contributed by atoms with Crippen LogP contribution in [0.15, 0.2) is 91.0 Å². The second-order valence-electron chi connectivity index (χ2n) is 14.3. The number of ether oxygens (including phenoxy) is 3. The van der Waals surface area contributed by atoms with Crippen LogP contribution in [0.1, 0.15) is 70.1 Å². The molecule has 0 spiro atoms. The summed E-state index contributed by atoms with van der Waals surface area (Å²) < 4.78 is 18.3. The third kappa shape index (κ3) is 7.08. The van der Waals surface area contributed by atoms with Crippen molar-refractivity contribution in [3.63, 3.8) is 0 Å². The Morgan fingerprint density at radius 3 is 2.44 bits per heavy atom. The van der Waals surface area contributed by atoms with Gasteiger partial charge in [-0.15, -0.1) is 0 Å². The van der Waals surface area contributed by atoms with E-state index >= 15 is 0 Å². The second-order valence-corrected chi connectivity index (χ2v) is 14.3. The zero-order chi connectivity index (χ0) is 35.6. The molecule has 2 fully saturated rings. The molecule has 0 aliphatic carbocycles. The molecule has 4 aliphatic heterocycles. The summed E-state index contributed by atoms with van der Waals surface area (Å²) >= 11 is 0. The van der Waals surface area contributed by atoms with Crippen LogP contribution in [0.3, 0.4) is 0 Å². The number of benzene rings is 4. The van der Waals surface area contributed by atoms with E-state index in [1.54, 1.807) is 23.1 Å². The van der Waals surface area contributed by atoms with Crippen molar-refractivity contribution < 1.29 is 33.7 Å². The van der Waals surface area contributed by atoms with Gasteiger partial charge in [-0.05, 0) is 78.3 Å². The molecule has 10 nitrogen and oxygen atoms in total. The van der Waals surface area contributed by atoms with Gasteiger partial charge in [-0.25, -0.2) is 0 Å². The summed E-state index contributed by atoms with van der Waals surface area (Å²) in [5.41, 5.74) is 4.93. The van der Waals surface area contributed by atoms with E-state index in [0.29, 0.717) is 44.3 Å². The summed E-state index contributed by atoms with van der Waals surface area (Å²) in [4.78, 5) is 40.8. The lowest BCUT2D eigenvalue weighted by Crippen LogP contribution is -2.52. The molecule has 3 atom stereocenters. The minimum Gasteiger partial charge on any atom is -0.508 e. The topological polar surface area (TPSA) is 118 Å². The number of piperidine rings is 1. The molecule has 4 heterocycles. The zero-order valence-corrected chi connectivity index (χ0v) is 29.0. The highest BCUT2D eigenvalue weighted by atomic mass is 16.5. The van der Waals surface area contributed by atoms with Crippen LogP contribution in [0.4, 0.5) is 0 Å². The molecule has 4 aliphatic rings. The summed E-state index contributed by atoms with van der Waals surface area (Å²) in [5, 5.41) is 12.4. The number of nitrogens with zero attached hydrogens (tertiary/aromatic N) is 2. The zero-order valence-electron chi connectivity index (χ0n) is 29.0. The first-order chi connectivity index (χ1) is 25.4. The van der Waals surface area contributed by atoms with Gasteiger partial charge in [-0.1, -0.05) is 48.5 Å². The van der Waals surface area contributed by atoms with Crippen molar-refractivity contribution >= 4 is 17.7 Å². The third-order valence-electron chi connectivity index (χ3n) is 10.8. The predicted octanol–water partition coefficient (Wildman–Crippen LogP) is 5.63. The predicted molar refractivity (Wildman–Crippen MR) is 194 cm³/mol. The normalized spacial score (nSPS) is 21.5. The molecule has 268 valence electrons. The number of phenols is 1. The van der Waals surface area contributed by atoms with E-state index in [-0.39, 0.29) is 35.8 Å². The Bertz CT molecular complexity index is 1940. The van der Waals surface area contributed by atoms with Gasteiger partial charge in [0.15, 0.2) is 0 Å². The van der Waals surface area contributed by atoms with Gasteiger partial charge < -0.3 is 24.2 Å². The molecule has 10 heteroatoms. The van der Waals surface area contributed by atoms with Crippen molar-refractivity contribution in [2.45, 2.75) is 50.1 Å². The van der Waals surface area contributed by atoms with Gasteiger partial charge in [0.1, 0.15) is 35.6 Å². The summed E-state index contributed by atoms with van der Waals surface area (Å²) in [6.07, 6.45) is 2.63. The van der Waals surface area contributed by atoms with Crippen LogP contribution in [0, 0.1) is 5.92 Å². The Kier molecular flexibility index (Phi) is 9.56. The van der Waals surface area contributed by atoms with Gasteiger partial charge in [0.05, 0.1) is 13.2 Å². The summed E-state index contributed by atoms with van der Waals surface area (Å²) in [6.45, 7) is 5.11. The smallest absolute Gasteiger partial charge is 0.255 e. The van der Waals surface area contributed by atoms with Gasteiger partial charge in [0.2, 0.25) is 11.8 Å². The first-order valence-corrected chi connectivity index (χ1v) is 18.3. The fraction of sp³-hybridized carbons (Fsp3) is 0.357. The third-order valence-corrected chi connectivity index (χ3v) is 10.8. The number of phenolic OH excluding ortho intramolecular Hbond substituents is 1. The number of hydrogen-bond acceptors (Lipinski definition) is 8. The molecule has 0 bridgehead atoms. The van der Waals surface area contributed by atoms with Crippen molar-refractivity contribution in [2.75, 3.05) is 39.5 Å². The number of carbonyl (C=O) groups is 3. The van der Waals surface area contributed by atoms with Crippen LogP contribution < -0.4 is 19.5 Å². The minimum absolute atomic E-state index is 0.0983. The highest BCUT2D eigenvalue weighted by Gasteiger charge is 2.39. The standard InChI is InChI=1S/C42H43N3O7/c46-31-10-14-35-38(22-31)52-26-36(28-6-2-1-3-7-28)40(35)29-8-11-32(12-9-29)51-20-18-44-23-27(24-44)5-4-19-50-33-13-15-34-30(21-33)25-45(42(34)49)37-16-17-39(47)43-41(37)48/h1-3,6-15,21-22,27,36-37,40,46H,4-5,16-20,23-26H2,(H,43,47,48). The van der Waals surface area contributed by atoms with Crippen LogP contribution in [0.25, 0.3) is 0 Å². The lowest BCUT2D eigenvalue weighted by Gasteiger charge is -2.39. The van der Waals surface area contributed by atoms with E-state index in [0.717, 1.165) is 60.9 Å². The van der Waals surface area contributed by atoms with Crippen molar-refractivity contribution in [3.8, 4) is 23.0 Å². The Morgan fingerprint density at radius 1 is 0.846 bits per heavy atom. The van der Waals surface area contributed by atoms with E-state index < -0.39 is 11.9 Å². The van der Waals surface area contributed by atoms with Crippen molar-refractivity contribution in [2.24, 2.45) is 5.92 Å². The quantitative estimate of drug-likeness (QED) is 0.144. The maximum absolute atomic E-state index is 12.9. The van der Waals surface area contributed by atoms with Crippen LogP contribution in [-0.4, -0.2) is 78.1 Å². The highest BCUT2D eigenvalue weighted by Crippen LogP contribution is 2.47. The average molecular weight is 702 g/mol. The fourth-order valence-electron chi connectivity index (χ4n) is 8.11. The van der Waals surface area contributed by atoms with Crippen molar-refractivity contribution in [1.29, 1.82) is 0 Å². The Morgan fingerprint density at radius 2 is 1.63 bits per heavy atom. The molecule has 8 rings (SSSR count). The summed E-state index contributed by atoms with van der Waals surface area (Å²) in [5.74, 6) is 2.55. The molecule has 0 aromatic heterocycles. The van der Waals surface area contributed by atoms with Gasteiger partial charge in [0.25, 0.3) is 5.91 Å². The largest absolute Gasteiger partial charge is 0.508 e. The van der Waals surface area contributed by atoms with E-state index in [2.05, 4.69) is 58.7 Å². The maximum atomic E-state index is 12.9. The Balaban J connectivity index is 0.761. The molecule has 0 saturated carbocycles. The number of rotatable bonds is 12. The van der Waals surface area contributed by atoms with Crippen LogP contribution in [0.2, 0.25) is 0 Å². The number of fused-ring (bicyclic) bond motifs is 2. The number of carbonyl (C=O) groups excluding carboxylic acids is 3. The molecular formula is C42H43N3O7. The van der Waals surface area contributed by atoms with Gasteiger partial charge in [-0.2, -0.15) is 0 Å². The molecular weight excluding hydrogens is 658 g/mol. The lowest BCUT2D eigenvalue weighted by molar-refractivity contribution is -0.136. The van der Waals surface area contributed by atoms with Crippen LogP contribution in [0.5, 0.6) is 23.0 Å². The fourth-order valence-corrected chi connectivity index (χ4v) is 8.11. The first kappa shape index (κ1) is 33.8. The van der Waals surface area contributed by atoms with E-state index in [1.165, 1.54) is 11.1 Å². The monoisotopic (exact) mass is 701 g/mol. The molecule has 3 amide bonds. The van der Waals surface area contributed by atoms with Crippen LogP contribution >= 0.6 is 0 Å². The molecule has 4 aromatic rings. The van der Waals surface area contributed by atoms with E-state index in [1.807, 2.05) is 24.3 Å². The second kappa shape index (κ2) is 14.7. The summed E-state index contributed by atoms with van der Waals surface area (Å²) in [7, 11) is 0. The minimum atomic E-state index is -0.615. The number of amides is 3. The van der Waals surface area contributed by atoms with Crippen molar-refractivity contribution in [1.82, 2.24) is 15.1 Å². The van der Waals surface area contributed by atoms with E-state index in [4.69, 9.17) is 14.2 Å². The van der Waals surface area contributed by atoms with Gasteiger partial charge in [0, 0.05) is 61.6 Å².